The van der Waals surface area contributed by atoms with Crippen molar-refractivity contribution in [1.82, 2.24) is 4.98 Å². The average molecular weight is 389 g/mol. The fourth-order valence-electron chi connectivity index (χ4n) is 2.63. The Hall–Kier alpha value is -3.76. The first kappa shape index (κ1) is 17.6. The van der Waals surface area contributed by atoms with Crippen LogP contribution in [0.15, 0.2) is 75.4 Å². The predicted molar refractivity (Wildman–Crippen MR) is 107 cm³/mol. The van der Waals surface area contributed by atoms with Crippen molar-refractivity contribution in [3.8, 4) is 17.3 Å². The zero-order chi connectivity index (χ0) is 19.5. The maximum absolute atomic E-state index is 13.7. The smallest absolute Gasteiger partial charge is 0.345 e. The number of anilines is 1. The number of aromatic nitrogens is 1. The highest BCUT2D eigenvalue weighted by Crippen LogP contribution is 2.26. The lowest BCUT2D eigenvalue weighted by atomic mass is 10.1. The first-order valence-electron chi connectivity index (χ1n) is 8.26. The quantitative estimate of drug-likeness (QED) is 0.391. The minimum absolute atomic E-state index is 0.227. The molecule has 0 aliphatic rings. The van der Waals surface area contributed by atoms with Gasteiger partial charge in [-0.25, -0.2) is 14.2 Å². The van der Waals surface area contributed by atoms with Gasteiger partial charge in [0, 0.05) is 17.0 Å². The lowest BCUT2D eigenvalue weighted by Gasteiger charge is -2.02. The Morgan fingerprint density at radius 3 is 2.82 bits per heavy atom. The molecule has 0 amide bonds. The van der Waals surface area contributed by atoms with Crippen molar-refractivity contribution in [3.63, 3.8) is 0 Å². The molecule has 0 unspecified atom stereocenters. The molecule has 0 saturated heterocycles. The highest BCUT2D eigenvalue weighted by atomic mass is 32.1. The number of thiazole rings is 1. The van der Waals surface area contributed by atoms with Crippen LogP contribution in [0.2, 0.25) is 0 Å². The van der Waals surface area contributed by atoms with Gasteiger partial charge in [0.15, 0.2) is 0 Å². The summed E-state index contributed by atoms with van der Waals surface area (Å²) >= 11 is 1.21. The summed E-state index contributed by atoms with van der Waals surface area (Å²) in [5.41, 5.74) is 1.22. The lowest BCUT2D eigenvalue weighted by Crippen LogP contribution is -2.02. The van der Waals surface area contributed by atoms with Gasteiger partial charge < -0.3 is 9.73 Å². The van der Waals surface area contributed by atoms with Crippen LogP contribution in [0.5, 0.6) is 0 Å². The summed E-state index contributed by atoms with van der Waals surface area (Å²) in [5, 5.41) is 15.1. The molecule has 2 aromatic carbocycles. The molecule has 5 nitrogen and oxygen atoms in total. The van der Waals surface area contributed by atoms with Gasteiger partial charge in [-0.1, -0.05) is 30.3 Å². The van der Waals surface area contributed by atoms with E-state index in [0.717, 1.165) is 5.39 Å². The first-order chi connectivity index (χ1) is 13.7. The SMILES string of the molecule is N#C/C(=C\Nc1ccccc1F)c1nc(-c2cc3ccccc3oc2=O)cs1. The van der Waals surface area contributed by atoms with Crippen molar-refractivity contribution in [2.75, 3.05) is 5.32 Å². The van der Waals surface area contributed by atoms with Crippen molar-refractivity contribution in [2.45, 2.75) is 0 Å². The second-order valence-electron chi connectivity index (χ2n) is 5.82. The molecule has 0 spiro atoms. The van der Waals surface area contributed by atoms with Gasteiger partial charge in [0.05, 0.1) is 16.9 Å². The van der Waals surface area contributed by atoms with E-state index in [0.29, 0.717) is 21.8 Å². The minimum Gasteiger partial charge on any atom is -0.422 e. The number of nitrogens with zero attached hydrogens (tertiary/aromatic N) is 2. The number of fused-ring (bicyclic) bond motifs is 1. The molecule has 0 atom stereocenters. The Morgan fingerprint density at radius 2 is 2.00 bits per heavy atom. The molecule has 0 radical (unpaired) electrons. The van der Waals surface area contributed by atoms with Crippen LogP contribution in [0.25, 0.3) is 27.8 Å². The Bertz CT molecular complexity index is 1300. The highest BCUT2D eigenvalue weighted by molar-refractivity contribution is 7.11. The van der Waals surface area contributed by atoms with Crippen molar-refractivity contribution in [3.05, 3.63) is 87.4 Å². The van der Waals surface area contributed by atoms with Crippen LogP contribution >= 0.6 is 11.3 Å². The number of rotatable bonds is 4. The molecule has 0 bridgehead atoms. The molecular weight excluding hydrogens is 377 g/mol. The molecule has 7 heteroatoms. The third-order valence-electron chi connectivity index (χ3n) is 4.02. The van der Waals surface area contributed by atoms with Gasteiger partial charge in [-0.2, -0.15) is 5.26 Å². The molecule has 2 heterocycles. The van der Waals surface area contributed by atoms with E-state index in [2.05, 4.69) is 10.3 Å². The normalized spacial score (nSPS) is 11.4. The predicted octanol–water partition coefficient (Wildman–Crippen LogP) is 5.03. The van der Waals surface area contributed by atoms with E-state index >= 15 is 0 Å². The standard InChI is InChI=1S/C21H12FN3O2S/c22-16-6-2-3-7-17(16)24-11-14(10-23)20-25-18(12-28-20)15-9-13-5-1-4-8-19(13)27-21(15)26/h1-9,11-12,24H/b14-11+. The second-order valence-corrected chi connectivity index (χ2v) is 6.68. The lowest BCUT2D eigenvalue weighted by molar-refractivity contribution is 0.563. The van der Waals surface area contributed by atoms with Gasteiger partial charge in [0.1, 0.15) is 28.1 Å². The van der Waals surface area contributed by atoms with E-state index in [-0.39, 0.29) is 11.3 Å². The summed E-state index contributed by atoms with van der Waals surface area (Å²) in [6.07, 6.45) is 1.39. The maximum atomic E-state index is 13.7. The van der Waals surface area contributed by atoms with E-state index in [1.807, 2.05) is 18.2 Å². The van der Waals surface area contributed by atoms with Gasteiger partial charge >= 0.3 is 5.63 Å². The van der Waals surface area contributed by atoms with Crippen molar-refractivity contribution in [1.29, 1.82) is 5.26 Å². The molecule has 136 valence electrons. The van der Waals surface area contributed by atoms with Crippen LogP contribution in [-0.4, -0.2) is 4.98 Å². The summed E-state index contributed by atoms with van der Waals surface area (Å²) in [4.78, 5) is 16.7. The third-order valence-corrected chi connectivity index (χ3v) is 4.89. The molecule has 1 N–H and O–H groups in total. The Morgan fingerprint density at radius 1 is 1.21 bits per heavy atom. The topological polar surface area (TPSA) is 78.9 Å². The molecular formula is C21H12FN3O2S. The van der Waals surface area contributed by atoms with Crippen LogP contribution in [-0.2, 0) is 0 Å². The number of nitrogens with one attached hydrogen (secondary N) is 1. The maximum Gasteiger partial charge on any atom is 0.345 e. The van der Waals surface area contributed by atoms with Gasteiger partial charge in [0.2, 0.25) is 0 Å². The van der Waals surface area contributed by atoms with Crippen LogP contribution in [0.3, 0.4) is 0 Å². The molecule has 2 aromatic heterocycles. The summed E-state index contributed by atoms with van der Waals surface area (Å²) in [6, 6.07) is 17.1. The minimum atomic E-state index is -0.498. The summed E-state index contributed by atoms with van der Waals surface area (Å²) in [5.74, 6) is -0.426. The third kappa shape index (κ3) is 3.41. The zero-order valence-corrected chi connectivity index (χ0v) is 15.2. The Labute approximate surface area is 163 Å². The fraction of sp³-hybridized carbons (Fsp3) is 0. The van der Waals surface area contributed by atoms with Gasteiger partial charge in [-0.15, -0.1) is 11.3 Å². The number of hydrogen-bond donors (Lipinski definition) is 1. The van der Waals surface area contributed by atoms with Crippen molar-refractivity contribution >= 4 is 33.6 Å². The van der Waals surface area contributed by atoms with Crippen LogP contribution in [0, 0.1) is 17.1 Å². The van der Waals surface area contributed by atoms with Crippen LogP contribution in [0.4, 0.5) is 10.1 Å². The van der Waals surface area contributed by atoms with Crippen molar-refractivity contribution in [2.24, 2.45) is 0 Å². The number of hydrogen-bond acceptors (Lipinski definition) is 6. The molecule has 0 aliphatic heterocycles. The van der Waals surface area contributed by atoms with Gasteiger partial charge in [0.25, 0.3) is 0 Å². The van der Waals surface area contributed by atoms with E-state index in [9.17, 15) is 14.4 Å². The zero-order valence-electron chi connectivity index (χ0n) is 14.3. The van der Waals surface area contributed by atoms with Gasteiger partial charge in [-0.05, 0) is 24.3 Å². The first-order valence-corrected chi connectivity index (χ1v) is 9.14. The van der Waals surface area contributed by atoms with E-state index in [1.54, 1.807) is 41.8 Å². The molecule has 4 rings (SSSR count). The number of allylic oxidation sites excluding steroid dienone is 1. The molecule has 0 fully saturated rings. The summed E-state index contributed by atoms with van der Waals surface area (Å²) < 4.78 is 19.0. The van der Waals surface area contributed by atoms with Crippen LogP contribution < -0.4 is 10.9 Å². The number of benzene rings is 2. The molecule has 4 aromatic rings. The largest absolute Gasteiger partial charge is 0.422 e. The van der Waals surface area contributed by atoms with Gasteiger partial charge in [-0.3, -0.25) is 0 Å². The number of para-hydroxylation sites is 2. The summed E-state index contributed by atoms with van der Waals surface area (Å²) in [7, 11) is 0. The Kier molecular flexibility index (Phi) is 4.70. The monoisotopic (exact) mass is 389 g/mol. The van der Waals surface area contributed by atoms with E-state index in [1.165, 1.54) is 23.6 Å². The van der Waals surface area contributed by atoms with E-state index in [4.69, 9.17) is 4.42 Å². The molecule has 0 saturated carbocycles. The Balaban J connectivity index is 1.68. The second kappa shape index (κ2) is 7.47. The summed E-state index contributed by atoms with van der Waals surface area (Å²) in [6.45, 7) is 0. The number of halogens is 1. The van der Waals surface area contributed by atoms with Crippen LogP contribution in [0.1, 0.15) is 5.01 Å². The fourth-order valence-corrected chi connectivity index (χ4v) is 3.42. The molecule has 28 heavy (non-hydrogen) atoms. The number of nitriles is 1. The molecule has 0 aliphatic carbocycles. The van der Waals surface area contributed by atoms with Crippen molar-refractivity contribution < 1.29 is 8.81 Å². The van der Waals surface area contributed by atoms with E-state index < -0.39 is 11.4 Å². The highest BCUT2D eigenvalue weighted by Gasteiger charge is 2.14. The average Bonchev–Trinajstić information content (AvgIpc) is 3.19.